The predicted octanol–water partition coefficient (Wildman–Crippen LogP) is 3.12. The fraction of sp³-hybridized carbons (Fsp3) is 0.125. The van der Waals surface area contributed by atoms with Gasteiger partial charge >= 0.3 is 0 Å². The molecular formula is C16H14FN3O3S. The Morgan fingerprint density at radius 3 is 2.71 bits per heavy atom. The van der Waals surface area contributed by atoms with E-state index in [1.807, 2.05) is 0 Å². The Kier molecular flexibility index (Phi) is 6.44. The number of nitrogens with one attached hydrogen (secondary N) is 1. The highest BCUT2D eigenvalue weighted by Crippen LogP contribution is 2.16. The summed E-state index contributed by atoms with van der Waals surface area (Å²) in [5.74, 6) is 0.0924. The summed E-state index contributed by atoms with van der Waals surface area (Å²) in [4.78, 5) is 21.7. The lowest BCUT2D eigenvalue weighted by Crippen LogP contribution is -2.19. The van der Waals surface area contributed by atoms with Crippen molar-refractivity contribution in [3.63, 3.8) is 0 Å². The van der Waals surface area contributed by atoms with Gasteiger partial charge < -0.3 is 0 Å². The molecule has 2 rings (SSSR count). The van der Waals surface area contributed by atoms with E-state index in [9.17, 15) is 19.3 Å². The van der Waals surface area contributed by atoms with Crippen LogP contribution in [-0.4, -0.2) is 22.8 Å². The van der Waals surface area contributed by atoms with Crippen LogP contribution in [0.5, 0.6) is 0 Å². The number of non-ortho nitro benzene ring substituents is 1. The number of hydrazone groups is 1. The Morgan fingerprint density at radius 1 is 1.29 bits per heavy atom. The zero-order valence-corrected chi connectivity index (χ0v) is 13.3. The fourth-order valence-electron chi connectivity index (χ4n) is 1.77. The first-order chi connectivity index (χ1) is 11.5. The molecule has 0 radical (unpaired) electrons. The number of carbonyl (C=O) groups is 1. The number of amides is 1. The zero-order chi connectivity index (χ0) is 17.4. The van der Waals surface area contributed by atoms with E-state index in [0.717, 1.165) is 5.56 Å². The summed E-state index contributed by atoms with van der Waals surface area (Å²) in [6.45, 7) is 0. The molecule has 0 saturated heterocycles. The van der Waals surface area contributed by atoms with Gasteiger partial charge in [0.2, 0.25) is 5.91 Å². The molecule has 0 bridgehead atoms. The lowest BCUT2D eigenvalue weighted by Gasteiger charge is -2.01. The first kappa shape index (κ1) is 17.6. The van der Waals surface area contributed by atoms with Crippen LogP contribution >= 0.6 is 11.8 Å². The van der Waals surface area contributed by atoms with E-state index in [4.69, 9.17) is 0 Å². The van der Waals surface area contributed by atoms with Crippen molar-refractivity contribution in [1.82, 2.24) is 5.43 Å². The monoisotopic (exact) mass is 347 g/mol. The Hall–Kier alpha value is -2.74. The van der Waals surface area contributed by atoms with Crippen LogP contribution in [0.1, 0.15) is 11.1 Å². The van der Waals surface area contributed by atoms with Crippen LogP contribution < -0.4 is 5.43 Å². The largest absolute Gasteiger partial charge is 0.272 e. The maximum atomic E-state index is 13.0. The third-order valence-corrected chi connectivity index (χ3v) is 3.90. The van der Waals surface area contributed by atoms with Crippen molar-refractivity contribution in [2.45, 2.75) is 5.75 Å². The van der Waals surface area contributed by atoms with Gasteiger partial charge in [0.05, 0.1) is 16.9 Å². The van der Waals surface area contributed by atoms with Crippen molar-refractivity contribution in [2.75, 3.05) is 5.75 Å². The SMILES string of the molecule is O=C(CSCc1ccc([N+](=O)[O-])cc1)NN=Cc1cccc(F)c1. The van der Waals surface area contributed by atoms with Crippen LogP contribution in [0, 0.1) is 15.9 Å². The number of hydrogen-bond donors (Lipinski definition) is 1. The highest BCUT2D eigenvalue weighted by molar-refractivity contribution is 7.99. The van der Waals surface area contributed by atoms with E-state index < -0.39 is 4.92 Å². The Bertz CT molecular complexity index is 750. The number of carbonyl (C=O) groups excluding carboxylic acids is 1. The second-order valence-corrected chi connectivity index (χ2v) is 5.75. The number of hydrogen-bond acceptors (Lipinski definition) is 5. The maximum absolute atomic E-state index is 13.0. The summed E-state index contributed by atoms with van der Waals surface area (Å²) in [5.41, 5.74) is 3.83. The minimum Gasteiger partial charge on any atom is -0.272 e. The molecule has 2 aromatic rings. The molecule has 124 valence electrons. The van der Waals surface area contributed by atoms with Gasteiger partial charge in [-0.15, -0.1) is 11.8 Å². The van der Waals surface area contributed by atoms with Crippen molar-refractivity contribution in [3.05, 3.63) is 75.6 Å². The highest BCUT2D eigenvalue weighted by atomic mass is 32.2. The zero-order valence-electron chi connectivity index (χ0n) is 12.5. The van der Waals surface area contributed by atoms with Gasteiger partial charge in [0.1, 0.15) is 5.82 Å². The third-order valence-electron chi connectivity index (χ3n) is 2.90. The molecule has 0 fully saturated rings. The van der Waals surface area contributed by atoms with Crippen molar-refractivity contribution in [1.29, 1.82) is 0 Å². The Labute approximate surface area is 141 Å². The predicted molar refractivity (Wildman–Crippen MR) is 91.4 cm³/mol. The van der Waals surface area contributed by atoms with Crippen LogP contribution in [0.15, 0.2) is 53.6 Å². The molecule has 0 spiro atoms. The lowest BCUT2D eigenvalue weighted by atomic mass is 10.2. The summed E-state index contributed by atoms with van der Waals surface area (Å²) in [6.07, 6.45) is 1.36. The molecule has 1 amide bonds. The van der Waals surface area contributed by atoms with Crippen LogP contribution in [0.2, 0.25) is 0 Å². The average Bonchev–Trinajstić information content (AvgIpc) is 2.55. The van der Waals surface area contributed by atoms with Gasteiger partial charge in [-0.05, 0) is 23.3 Å². The van der Waals surface area contributed by atoms with Crippen molar-refractivity contribution in [3.8, 4) is 0 Å². The quantitative estimate of drug-likeness (QED) is 0.474. The number of nitro groups is 1. The number of benzene rings is 2. The molecule has 2 aromatic carbocycles. The van der Waals surface area contributed by atoms with E-state index in [1.165, 1.54) is 42.2 Å². The second-order valence-electron chi connectivity index (χ2n) is 4.76. The third kappa shape index (κ3) is 5.81. The van der Waals surface area contributed by atoms with Crippen molar-refractivity contribution >= 4 is 29.6 Å². The molecule has 0 aliphatic carbocycles. The van der Waals surface area contributed by atoms with Gasteiger partial charge in [-0.2, -0.15) is 5.10 Å². The van der Waals surface area contributed by atoms with Crippen molar-refractivity contribution < 1.29 is 14.1 Å². The summed E-state index contributed by atoms with van der Waals surface area (Å²) in [6, 6.07) is 12.0. The summed E-state index contributed by atoms with van der Waals surface area (Å²) in [7, 11) is 0. The minimum absolute atomic E-state index is 0.0354. The first-order valence-electron chi connectivity index (χ1n) is 6.93. The van der Waals surface area contributed by atoms with E-state index in [2.05, 4.69) is 10.5 Å². The average molecular weight is 347 g/mol. The summed E-state index contributed by atoms with van der Waals surface area (Å²) < 4.78 is 13.0. The van der Waals surface area contributed by atoms with Gasteiger partial charge in [0.15, 0.2) is 0 Å². The topological polar surface area (TPSA) is 84.6 Å². The fourth-order valence-corrected chi connectivity index (χ4v) is 2.55. The van der Waals surface area contributed by atoms with Gasteiger partial charge in [-0.3, -0.25) is 14.9 Å². The molecule has 0 aliphatic heterocycles. The van der Waals surface area contributed by atoms with Crippen LogP contribution in [0.3, 0.4) is 0 Å². The number of thioether (sulfide) groups is 1. The lowest BCUT2D eigenvalue weighted by molar-refractivity contribution is -0.384. The Morgan fingerprint density at radius 2 is 2.04 bits per heavy atom. The molecule has 0 heterocycles. The standard InChI is InChI=1S/C16H14FN3O3S/c17-14-3-1-2-13(8-14)9-18-19-16(21)11-24-10-12-4-6-15(7-5-12)20(22)23/h1-9H,10-11H2,(H,19,21). The minimum atomic E-state index is -0.457. The Balaban J connectivity index is 1.72. The molecule has 0 aliphatic rings. The van der Waals surface area contributed by atoms with Gasteiger partial charge in [-0.1, -0.05) is 24.3 Å². The molecule has 0 atom stereocenters. The summed E-state index contributed by atoms with van der Waals surface area (Å²) >= 11 is 1.36. The molecule has 8 heteroatoms. The molecule has 1 N–H and O–H groups in total. The molecule has 0 unspecified atom stereocenters. The van der Waals surface area contributed by atoms with Crippen LogP contribution in [0.4, 0.5) is 10.1 Å². The number of nitrogens with zero attached hydrogens (tertiary/aromatic N) is 2. The normalized spacial score (nSPS) is 10.7. The summed E-state index contributed by atoms with van der Waals surface area (Å²) in [5, 5.41) is 14.3. The smallest absolute Gasteiger partial charge is 0.269 e. The first-order valence-corrected chi connectivity index (χ1v) is 8.08. The second kappa shape index (κ2) is 8.78. The molecular weight excluding hydrogens is 333 g/mol. The number of rotatable bonds is 7. The molecule has 24 heavy (non-hydrogen) atoms. The van der Waals surface area contributed by atoms with Gasteiger partial charge in [-0.25, -0.2) is 9.82 Å². The highest BCUT2D eigenvalue weighted by Gasteiger charge is 2.05. The van der Waals surface area contributed by atoms with E-state index in [-0.39, 0.29) is 23.2 Å². The van der Waals surface area contributed by atoms with Crippen LogP contribution in [0.25, 0.3) is 0 Å². The molecule has 0 saturated carbocycles. The number of nitro benzene ring substituents is 1. The van der Waals surface area contributed by atoms with Crippen LogP contribution in [-0.2, 0) is 10.5 Å². The van der Waals surface area contributed by atoms with E-state index in [0.29, 0.717) is 11.3 Å². The van der Waals surface area contributed by atoms with E-state index in [1.54, 1.807) is 24.3 Å². The number of halogens is 1. The van der Waals surface area contributed by atoms with Gasteiger partial charge in [0.25, 0.3) is 5.69 Å². The molecule has 6 nitrogen and oxygen atoms in total. The maximum Gasteiger partial charge on any atom is 0.269 e. The van der Waals surface area contributed by atoms with Crippen molar-refractivity contribution in [2.24, 2.45) is 5.10 Å². The van der Waals surface area contributed by atoms with Gasteiger partial charge in [0, 0.05) is 17.9 Å². The van der Waals surface area contributed by atoms with E-state index >= 15 is 0 Å². The molecule has 0 aromatic heterocycles.